The zero-order valence-electron chi connectivity index (χ0n) is 15.1. The molecule has 2 heterocycles. The molecule has 0 aliphatic carbocycles. The smallest absolute Gasteiger partial charge is 0.323 e. The molecule has 142 valence electrons. The fourth-order valence-electron chi connectivity index (χ4n) is 2.69. The van der Waals surface area contributed by atoms with Crippen molar-refractivity contribution in [2.24, 2.45) is 0 Å². The molecule has 0 spiro atoms. The highest BCUT2D eigenvalue weighted by Gasteiger charge is 2.14. The maximum Gasteiger partial charge on any atom is 0.323 e. The molecule has 1 aromatic heterocycles. The van der Waals surface area contributed by atoms with Gasteiger partial charge < -0.3 is 24.8 Å². The van der Waals surface area contributed by atoms with Crippen molar-refractivity contribution < 1.29 is 19.0 Å². The van der Waals surface area contributed by atoms with E-state index in [-0.39, 0.29) is 12.8 Å². The molecular weight excluding hydrogens is 360 g/mol. The third-order valence-electron chi connectivity index (χ3n) is 4.00. The summed E-state index contributed by atoms with van der Waals surface area (Å²) in [7, 11) is 0. The van der Waals surface area contributed by atoms with E-state index in [1.807, 2.05) is 25.1 Å². The number of ether oxygens (including phenoxy) is 3. The van der Waals surface area contributed by atoms with Crippen LogP contribution < -0.4 is 24.8 Å². The van der Waals surface area contributed by atoms with Gasteiger partial charge >= 0.3 is 6.03 Å². The molecule has 0 radical (unpaired) electrons. The van der Waals surface area contributed by atoms with E-state index in [1.165, 1.54) is 0 Å². The number of amides is 2. The van der Waals surface area contributed by atoms with Gasteiger partial charge in [-0.25, -0.2) is 4.79 Å². The Labute approximate surface area is 161 Å². The van der Waals surface area contributed by atoms with E-state index >= 15 is 0 Å². The van der Waals surface area contributed by atoms with Crippen LogP contribution in [0.1, 0.15) is 6.92 Å². The molecule has 0 bridgehead atoms. The lowest BCUT2D eigenvalue weighted by atomic mass is 10.1. The Kier molecular flexibility index (Phi) is 4.92. The van der Waals surface area contributed by atoms with E-state index in [1.54, 1.807) is 36.4 Å². The molecule has 0 unspecified atom stereocenters. The predicted octanol–water partition coefficient (Wildman–Crippen LogP) is 3.92. The van der Waals surface area contributed by atoms with E-state index < -0.39 is 0 Å². The van der Waals surface area contributed by atoms with Crippen LogP contribution in [-0.4, -0.2) is 29.6 Å². The molecule has 4 rings (SSSR count). The molecule has 2 amide bonds. The Morgan fingerprint density at radius 2 is 1.71 bits per heavy atom. The minimum absolute atomic E-state index is 0.191. The highest BCUT2D eigenvalue weighted by Crippen LogP contribution is 2.34. The van der Waals surface area contributed by atoms with Gasteiger partial charge in [0, 0.05) is 29.1 Å². The lowest BCUT2D eigenvalue weighted by Crippen LogP contribution is -2.19. The van der Waals surface area contributed by atoms with Gasteiger partial charge in [0.05, 0.1) is 12.3 Å². The van der Waals surface area contributed by atoms with Gasteiger partial charge in [-0.2, -0.15) is 0 Å². The van der Waals surface area contributed by atoms with E-state index in [0.29, 0.717) is 35.4 Å². The van der Waals surface area contributed by atoms with Gasteiger partial charge in [0.15, 0.2) is 11.5 Å². The molecule has 1 aliphatic rings. The lowest BCUT2D eigenvalue weighted by Gasteiger charge is -2.09. The fourth-order valence-corrected chi connectivity index (χ4v) is 2.69. The van der Waals surface area contributed by atoms with Crippen LogP contribution in [0.4, 0.5) is 16.2 Å². The first-order valence-electron chi connectivity index (χ1n) is 8.76. The normalized spacial score (nSPS) is 11.8. The van der Waals surface area contributed by atoms with Crippen molar-refractivity contribution in [3.05, 3.63) is 54.6 Å². The number of carbonyl (C=O) groups excluding carboxylic acids is 1. The lowest BCUT2D eigenvalue weighted by molar-refractivity contribution is 0.174. The molecule has 2 aromatic carbocycles. The van der Waals surface area contributed by atoms with Crippen LogP contribution in [0.25, 0.3) is 11.3 Å². The summed E-state index contributed by atoms with van der Waals surface area (Å²) < 4.78 is 15.8. The summed E-state index contributed by atoms with van der Waals surface area (Å²) in [6.07, 6.45) is 0. The van der Waals surface area contributed by atoms with Gasteiger partial charge in [-0.1, -0.05) is 12.1 Å². The standard InChI is InChI=1S/C20H18N4O4/c1-2-26-19-10-8-16(23-24-19)13-3-5-14(6-4-13)21-20(25)22-15-7-9-17-18(11-15)28-12-27-17/h3-11H,2,12H2,1H3,(H2,21,22,25). The maximum atomic E-state index is 12.2. The van der Waals surface area contributed by atoms with Gasteiger partial charge in [-0.05, 0) is 37.3 Å². The summed E-state index contributed by atoms with van der Waals surface area (Å²) in [5.74, 6) is 1.77. The summed E-state index contributed by atoms with van der Waals surface area (Å²) in [6, 6.07) is 15.8. The summed E-state index contributed by atoms with van der Waals surface area (Å²) in [5.41, 5.74) is 2.88. The largest absolute Gasteiger partial charge is 0.477 e. The Hall–Kier alpha value is -3.81. The molecule has 1 aliphatic heterocycles. The van der Waals surface area contributed by atoms with Gasteiger partial charge in [0.2, 0.25) is 12.7 Å². The first-order valence-corrected chi connectivity index (χ1v) is 8.76. The number of hydrogen-bond acceptors (Lipinski definition) is 6. The van der Waals surface area contributed by atoms with E-state index in [2.05, 4.69) is 20.8 Å². The molecule has 28 heavy (non-hydrogen) atoms. The molecular formula is C20H18N4O4. The SMILES string of the molecule is CCOc1ccc(-c2ccc(NC(=O)Nc3ccc4c(c3)OCO4)cc2)nn1. The Balaban J connectivity index is 1.38. The van der Waals surface area contributed by atoms with Crippen LogP contribution in [0, 0.1) is 0 Å². The van der Waals surface area contributed by atoms with Crippen LogP contribution in [0.5, 0.6) is 17.4 Å². The van der Waals surface area contributed by atoms with Crippen LogP contribution >= 0.6 is 0 Å². The fraction of sp³-hybridized carbons (Fsp3) is 0.150. The van der Waals surface area contributed by atoms with Crippen molar-refractivity contribution >= 4 is 17.4 Å². The minimum Gasteiger partial charge on any atom is -0.477 e. The number of fused-ring (bicyclic) bond motifs is 1. The molecule has 0 saturated carbocycles. The molecule has 0 saturated heterocycles. The van der Waals surface area contributed by atoms with Crippen molar-refractivity contribution in [1.29, 1.82) is 0 Å². The predicted molar refractivity (Wildman–Crippen MR) is 104 cm³/mol. The zero-order valence-corrected chi connectivity index (χ0v) is 15.1. The van der Waals surface area contributed by atoms with E-state index in [4.69, 9.17) is 14.2 Å². The molecule has 0 atom stereocenters. The minimum atomic E-state index is -0.354. The molecule has 0 fully saturated rings. The summed E-state index contributed by atoms with van der Waals surface area (Å²) in [5, 5.41) is 13.7. The van der Waals surface area contributed by atoms with Crippen molar-refractivity contribution in [2.75, 3.05) is 24.0 Å². The summed E-state index contributed by atoms with van der Waals surface area (Å²) in [4.78, 5) is 12.2. The van der Waals surface area contributed by atoms with Gasteiger partial charge in [0.25, 0.3) is 0 Å². The number of rotatable bonds is 5. The number of nitrogens with one attached hydrogen (secondary N) is 2. The quantitative estimate of drug-likeness (QED) is 0.699. The van der Waals surface area contributed by atoms with Crippen molar-refractivity contribution in [1.82, 2.24) is 10.2 Å². The summed E-state index contributed by atoms with van der Waals surface area (Å²) >= 11 is 0. The maximum absolute atomic E-state index is 12.2. The Morgan fingerprint density at radius 1 is 0.964 bits per heavy atom. The number of hydrogen-bond donors (Lipinski definition) is 2. The van der Waals surface area contributed by atoms with Gasteiger partial charge in [-0.15, -0.1) is 10.2 Å². The van der Waals surface area contributed by atoms with E-state index in [0.717, 1.165) is 11.3 Å². The van der Waals surface area contributed by atoms with Crippen molar-refractivity contribution in [3.63, 3.8) is 0 Å². The third kappa shape index (κ3) is 3.96. The monoisotopic (exact) mass is 378 g/mol. The second-order valence-electron chi connectivity index (χ2n) is 5.91. The average molecular weight is 378 g/mol. The zero-order chi connectivity index (χ0) is 19.3. The van der Waals surface area contributed by atoms with Crippen LogP contribution in [-0.2, 0) is 0 Å². The van der Waals surface area contributed by atoms with Gasteiger partial charge in [0.1, 0.15) is 0 Å². The van der Waals surface area contributed by atoms with Crippen LogP contribution in [0.2, 0.25) is 0 Å². The summed E-state index contributed by atoms with van der Waals surface area (Å²) in [6.45, 7) is 2.63. The second-order valence-corrected chi connectivity index (χ2v) is 5.91. The second kappa shape index (κ2) is 7.83. The van der Waals surface area contributed by atoms with Crippen LogP contribution in [0.15, 0.2) is 54.6 Å². The number of urea groups is 1. The van der Waals surface area contributed by atoms with Gasteiger partial charge in [-0.3, -0.25) is 0 Å². The average Bonchev–Trinajstić information content (AvgIpc) is 3.17. The number of anilines is 2. The first kappa shape index (κ1) is 17.6. The highest BCUT2D eigenvalue weighted by atomic mass is 16.7. The van der Waals surface area contributed by atoms with Crippen molar-refractivity contribution in [3.8, 4) is 28.6 Å². The van der Waals surface area contributed by atoms with Crippen LogP contribution in [0.3, 0.4) is 0 Å². The van der Waals surface area contributed by atoms with Crippen molar-refractivity contribution in [2.45, 2.75) is 6.92 Å². The number of carbonyl (C=O) groups is 1. The molecule has 2 N–H and O–H groups in total. The topological polar surface area (TPSA) is 94.6 Å². The Bertz CT molecular complexity index is 975. The number of benzene rings is 2. The highest BCUT2D eigenvalue weighted by molar-refractivity contribution is 6.00. The number of nitrogens with zero attached hydrogens (tertiary/aromatic N) is 2. The first-order chi connectivity index (χ1) is 13.7. The molecule has 8 nitrogen and oxygen atoms in total. The molecule has 3 aromatic rings. The number of aromatic nitrogens is 2. The Morgan fingerprint density at radius 3 is 2.46 bits per heavy atom. The van der Waals surface area contributed by atoms with E-state index in [9.17, 15) is 4.79 Å². The third-order valence-corrected chi connectivity index (χ3v) is 4.00. The molecule has 8 heteroatoms.